The minimum Gasteiger partial charge on any atom is -0.481 e. The molecule has 0 radical (unpaired) electrons. The molecule has 55 heavy (non-hydrogen) atoms. The van der Waals surface area contributed by atoms with Gasteiger partial charge in [0.05, 0.1) is 0 Å². The Hall–Kier alpha value is -2.16. The van der Waals surface area contributed by atoms with Crippen molar-refractivity contribution in [3.05, 3.63) is 54.0 Å². The molecule has 5 fully saturated rings. The standard InChI is InChI=1S/C47H70N4O3S/c1-31(2)34-12-18-47(50-22-23-51-24-26-55-27-25-51)20-19-45(7)37(41(34)47)9-8-36-40-32(3)28-38(43(4,5)35(40)13-15-44(36,45)6)33-10-16-46(17-11-33,42(52)53)29-54-39-14-21-48-30-49-39/h10,14,21,28,30,32,34-37,40-41,50H,1,8-9,11-13,15-20,22-27,29H2,2-7H3,(H,52,53)/t32-,34-,35+,36+,37+,40-,41+,44+,45+,46-,47-/m0/s1. The van der Waals surface area contributed by atoms with Crippen molar-refractivity contribution in [2.24, 2.45) is 63.1 Å². The van der Waals surface area contributed by atoms with Crippen LogP contribution in [0, 0.1) is 63.1 Å². The van der Waals surface area contributed by atoms with Crippen LogP contribution in [0.25, 0.3) is 0 Å². The zero-order valence-corrected chi connectivity index (χ0v) is 35.7. The molecule has 7 aliphatic rings. The average Bonchev–Trinajstić information content (AvgIpc) is 3.56. The van der Waals surface area contributed by atoms with Crippen LogP contribution in [0.2, 0.25) is 0 Å². The molecule has 0 spiro atoms. The number of rotatable bonds is 10. The summed E-state index contributed by atoms with van der Waals surface area (Å²) in [6, 6.07) is 1.69. The van der Waals surface area contributed by atoms with Crippen molar-refractivity contribution in [2.45, 2.75) is 118 Å². The van der Waals surface area contributed by atoms with Crippen LogP contribution in [0.3, 0.4) is 0 Å². The third-order valence-corrected chi connectivity index (χ3v) is 18.8. The largest absolute Gasteiger partial charge is 0.481 e. The Morgan fingerprint density at radius 2 is 1.78 bits per heavy atom. The fourth-order valence-electron chi connectivity index (χ4n) is 14.6. The number of thioether (sulfide) groups is 1. The number of carboxylic acids is 1. The lowest BCUT2D eigenvalue weighted by Crippen LogP contribution is -2.67. The molecular weight excluding hydrogens is 701 g/mol. The van der Waals surface area contributed by atoms with Crippen LogP contribution in [-0.2, 0) is 4.79 Å². The Morgan fingerprint density at radius 3 is 2.47 bits per heavy atom. The first kappa shape index (κ1) is 39.7. The summed E-state index contributed by atoms with van der Waals surface area (Å²) in [4.78, 5) is 23.5. The Labute approximate surface area is 336 Å². The maximum absolute atomic E-state index is 12.7. The van der Waals surface area contributed by atoms with Gasteiger partial charge in [0.15, 0.2) is 0 Å². The van der Waals surface area contributed by atoms with E-state index in [-0.39, 0.29) is 17.6 Å². The molecule has 8 heteroatoms. The van der Waals surface area contributed by atoms with E-state index in [4.69, 9.17) is 4.74 Å². The van der Waals surface area contributed by atoms with Crippen LogP contribution >= 0.6 is 11.8 Å². The predicted octanol–water partition coefficient (Wildman–Crippen LogP) is 9.48. The molecule has 1 aliphatic heterocycles. The van der Waals surface area contributed by atoms with Crippen molar-refractivity contribution in [3.8, 4) is 5.88 Å². The molecule has 4 saturated carbocycles. The number of hydrogen-bond acceptors (Lipinski definition) is 7. The normalized spacial score (nSPS) is 42.5. The first-order valence-electron chi connectivity index (χ1n) is 22.0. The van der Waals surface area contributed by atoms with Crippen LogP contribution in [0.5, 0.6) is 5.88 Å². The van der Waals surface area contributed by atoms with Gasteiger partial charge in [0.25, 0.3) is 0 Å². The minimum absolute atomic E-state index is 0.0535. The molecule has 8 rings (SSSR count). The predicted molar refractivity (Wildman–Crippen MR) is 224 cm³/mol. The lowest BCUT2D eigenvalue weighted by molar-refractivity contribution is -0.201. The van der Waals surface area contributed by atoms with Gasteiger partial charge in [-0.25, -0.2) is 9.97 Å². The molecule has 1 saturated heterocycles. The van der Waals surface area contributed by atoms with E-state index in [1.807, 2.05) is 0 Å². The van der Waals surface area contributed by atoms with Crippen LogP contribution in [0.15, 0.2) is 54.0 Å². The van der Waals surface area contributed by atoms with Gasteiger partial charge in [0.2, 0.25) is 5.88 Å². The van der Waals surface area contributed by atoms with E-state index in [9.17, 15) is 9.90 Å². The van der Waals surface area contributed by atoms with Gasteiger partial charge in [-0.15, -0.1) is 0 Å². The van der Waals surface area contributed by atoms with Crippen molar-refractivity contribution < 1.29 is 14.6 Å². The second-order valence-corrected chi connectivity index (χ2v) is 21.6. The zero-order valence-electron chi connectivity index (χ0n) is 34.9. The van der Waals surface area contributed by atoms with E-state index in [2.05, 4.69) is 92.2 Å². The van der Waals surface area contributed by atoms with E-state index in [1.165, 1.54) is 106 Å². The van der Waals surface area contributed by atoms with E-state index < -0.39 is 11.4 Å². The maximum Gasteiger partial charge on any atom is 0.313 e. The second kappa shape index (κ2) is 14.9. The summed E-state index contributed by atoms with van der Waals surface area (Å²) < 4.78 is 5.93. The first-order chi connectivity index (χ1) is 26.2. The molecule has 2 heterocycles. The Bertz CT molecular complexity index is 1670. The van der Waals surface area contributed by atoms with Gasteiger partial charge in [-0.05, 0) is 146 Å². The monoisotopic (exact) mass is 771 g/mol. The van der Waals surface area contributed by atoms with E-state index in [1.54, 1.807) is 12.3 Å². The topological polar surface area (TPSA) is 87.6 Å². The number of carbonyl (C=O) groups is 1. The number of nitrogens with zero attached hydrogens (tertiary/aromatic N) is 3. The van der Waals surface area contributed by atoms with Crippen molar-refractivity contribution in [2.75, 3.05) is 44.3 Å². The van der Waals surface area contributed by atoms with Crippen molar-refractivity contribution in [3.63, 3.8) is 0 Å². The third kappa shape index (κ3) is 6.59. The third-order valence-electron chi connectivity index (χ3n) is 17.9. The highest BCUT2D eigenvalue weighted by Gasteiger charge is 2.69. The lowest BCUT2D eigenvalue weighted by Gasteiger charge is -2.70. The van der Waals surface area contributed by atoms with Crippen molar-refractivity contribution >= 4 is 17.7 Å². The SMILES string of the molecule is C=C(C)[C@@H]1CC[C@]2(NCCN3CCSCC3)CC[C@]3(C)[C@H](CC[C@@H]4[C@@H]5[C@@H](CC[C@]43C)C(C)(C)C(C3=CC[C@](COc4ccncn4)(C(=O)O)CC3)=C[C@@H]5C)[C@@H]12. The Morgan fingerprint density at radius 1 is 1.02 bits per heavy atom. The van der Waals surface area contributed by atoms with E-state index in [0.29, 0.717) is 59.1 Å². The summed E-state index contributed by atoms with van der Waals surface area (Å²) in [5.41, 5.74) is 4.35. The van der Waals surface area contributed by atoms with Gasteiger partial charge in [0.1, 0.15) is 18.3 Å². The number of ether oxygens (including phenoxy) is 1. The number of aliphatic carboxylic acids is 1. The average molecular weight is 771 g/mol. The van der Waals surface area contributed by atoms with Crippen LogP contribution in [0.1, 0.15) is 112 Å². The summed E-state index contributed by atoms with van der Waals surface area (Å²) in [6.45, 7) is 25.0. The Balaban J connectivity index is 1.02. The highest BCUT2D eigenvalue weighted by Crippen LogP contribution is 2.74. The summed E-state index contributed by atoms with van der Waals surface area (Å²) in [6.07, 6.45) is 20.5. The van der Waals surface area contributed by atoms with Gasteiger partial charge in [-0.3, -0.25) is 4.79 Å². The van der Waals surface area contributed by atoms with Gasteiger partial charge in [-0.2, -0.15) is 11.8 Å². The molecule has 1 aromatic rings. The molecule has 11 atom stereocenters. The molecule has 6 aliphatic carbocycles. The van der Waals surface area contributed by atoms with Gasteiger partial charge < -0.3 is 20.1 Å². The van der Waals surface area contributed by atoms with Crippen molar-refractivity contribution in [1.82, 2.24) is 20.2 Å². The van der Waals surface area contributed by atoms with Gasteiger partial charge in [-0.1, -0.05) is 58.9 Å². The van der Waals surface area contributed by atoms with E-state index >= 15 is 0 Å². The molecule has 0 aromatic carbocycles. The molecule has 7 nitrogen and oxygen atoms in total. The quantitative estimate of drug-likeness (QED) is 0.228. The second-order valence-electron chi connectivity index (χ2n) is 20.4. The minimum atomic E-state index is -0.940. The number of fused-ring (bicyclic) bond motifs is 7. The highest BCUT2D eigenvalue weighted by atomic mass is 32.2. The number of aromatic nitrogens is 2. The molecular formula is C47H70N4O3S. The maximum atomic E-state index is 12.7. The summed E-state index contributed by atoms with van der Waals surface area (Å²) in [5, 5.41) is 14.8. The van der Waals surface area contributed by atoms with Crippen molar-refractivity contribution in [1.29, 1.82) is 0 Å². The first-order valence-corrected chi connectivity index (χ1v) is 23.1. The zero-order chi connectivity index (χ0) is 38.8. The molecule has 1 aromatic heterocycles. The smallest absolute Gasteiger partial charge is 0.313 e. The van der Waals surface area contributed by atoms with Crippen LogP contribution in [0.4, 0.5) is 0 Å². The summed E-state index contributed by atoms with van der Waals surface area (Å²) in [7, 11) is 0. The number of carboxylic acid groups (broad SMARTS) is 1. The van der Waals surface area contributed by atoms with E-state index in [0.717, 1.165) is 24.8 Å². The number of hydrogen-bond donors (Lipinski definition) is 2. The highest BCUT2D eigenvalue weighted by molar-refractivity contribution is 7.99. The summed E-state index contributed by atoms with van der Waals surface area (Å²) in [5.74, 6) is 6.89. The van der Waals surface area contributed by atoms with Gasteiger partial charge in [0, 0.05) is 55.5 Å². The lowest BCUT2D eigenvalue weighted by atomic mass is 9.35. The number of nitrogens with one attached hydrogen (secondary N) is 1. The molecule has 302 valence electrons. The molecule has 2 N–H and O–H groups in total. The Kier molecular flexibility index (Phi) is 10.7. The van der Waals surface area contributed by atoms with Gasteiger partial charge >= 0.3 is 5.97 Å². The summed E-state index contributed by atoms with van der Waals surface area (Å²) >= 11 is 2.11. The molecule has 0 bridgehead atoms. The fourth-order valence-corrected chi connectivity index (χ4v) is 15.6. The fraction of sp³-hybridized carbons (Fsp3) is 0.766. The molecule has 0 unspecified atom stereocenters. The van der Waals surface area contributed by atoms with Crippen LogP contribution < -0.4 is 10.1 Å². The number of allylic oxidation sites excluding steroid dienone is 5. The van der Waals surface area contributed by atoms with Crippen LogP contribution in [-0.4, -0.2) is 75.8 Å². The molecule has 0 amide bonds.